The third-order valence-electron chi connectivity index (χ3n) is 6.40. The summed E-state index contributed by atoms with van der Waals surface area (Å²) in [7, 11) is 1.96. The van der Waals surface area contributed by atoms with E-state index in [9.17, 15) is 9.59 Å². The maximum Gasteiger partial charge on any atom is 0.259 e. The van der Waals surface area contributed by atoms with Crippen molar-refractivity contribution in [1.29, 1.82) is 0 Å². The minimum absolute atomic E-state index is 0.0913. The van der Waals surface area contributed by atoms with E-state index in [1.54, 1.807) is 4.90 Å². The Hall–Kier alpha value is -3.60. The zero-order chi connectivity index (χ0) is 22.5. The van der Waals surface area contributed by atoms with E-state index in [1.807, 2.05) is 84.5 Å². The van der Waals surface area contributed by atoms with Crippen LogP contribution in [0.1, 0.15) is 48.8 Å². The molecule has 1 aromatic heterocycles. The highest BCUT2D eigenvalue weighted by Gasteiger charge is 2.44. The van der Waals surface area contributed by atoms with Gasteiger partial charge in [0.2, 0.25) is 0 Å². The molecule has 1 amide bonds. The van der Waals surface area contributed by atoms with E-state index >= 15 is 0 Å². The van der Waals surface area contributed by atoms with Gasteiger partial charge in [-0.05, 0) is 48.2 Å². The molecule has 1 N–H and O–H groups in total. The Morgan fingerprint density at radius 2 is 1.69 bits per heavy atom. The van der Waals surface area contributed by atoms with Crippen molar-refractivity contribution in [2.45, 2.75) is 32.7 Å². The third-order valence-corrected chi connectivity index (χ3v) is 6.40. The standard InChI is InChI=1S/C27H27N3O2/c1-27(2)16-20-24(23(31)17-27)25(22-14-9-15-29(22)3)30(21-13-8-7-12-19(21)28-20)26(32)18-10-5-4-6-11-18/h4-15,25,28H,16-17H2,1-3H3/t25-/m1/s1. The number of aryl methyl sites for hydroxylation is 1. The summed E-state index contributed by atoms with van der Waals surface area (Å²) in [6.07, 6.45) is 3.16. The lowest BCUT2D eigenvalue weighted by atomic mass is 9.73. The Morgan fingerprint density at radius 1 is 0.969 bits per heavy atom. The number of allylic oxidation sites excluding steroid dienone is 1. The number of para-hydroxylation sites is 2. The van der Waals surface area contributed by atoms with Gasteiger partial charge >= 0.3 is 0 Å². The number of anilines is 2. The smallest absolute Gasteiger partial charge is 0.259 e. The Morgan fingerprint density at radius 3 is 2.41 bits per heavy atom. The first-order chi connectivity index (χ1) is 15.4. The molecule has 5 heteroatoms. The van der Waals surface area contributed by atoms with E-state index in [4.69, 9.17) is 0 Å². The van der Waals surface area contributed by atoms with Gasteiger partial charge in [-0.1, -0.05) is 44.2 Å². The van der Waals surface area contributed by atoms with Crippen LogP contribution in [0.4, 0.5) is 11.4 Å². The molecule has 0 saturated heterocycles. The van der Waals surface area contributed by atoms with E-state index in [1.165, 1.54) is 0 Å². The normalized spacial score (nSPS) is 19.7. The van der Waals surface area contributed by atoms with Crippen molar-refractivity contribution in [3.63, 3.8) is 0 Å². The number of fused-ring (bicyclic) bond motifs is 1. The summed E-state index contributed by atoms with van der Waals surface area (Å²) in [6, 6.07) is 20.5. The zero-order valence-electron chi connectivity index (χ0n) is 18.6. The largest absolute Gasteiger partial charge is 0.357 e. The highest BCUT2D eigenvalue weighted by atomic mass is 16.2. The second-order valence-corrected chi connectivity index (χ2v) is 9.46. The summed E-state index contributed by atoms with van der Waals surface area (Å²) in [6.45, 7) is 4.25. The first kappa shape index (κ1) is 20.3. The molecular weight excluding hydrogens is 398 g/mol. The van der Waals surface area contributed by atoms with Gasteiger partial charge < -0.3 is 9.88 Å². The lowest BCUT2D eigenvalue weighted by Gasteiger charge is -2.37. The van der Waals surface area contributed by atoms with E-state index in [0.29, 0.717) is 17.6 Å². The number of hydrogen-bond donors (Lipinski definition) is 1. The molecular formula is C27H27N3O2. The Labute approximate surface area is 188 Å². The van der Waals surface area contributed by atoms with Crippen LogP contribution in [0.5, 0.6) is 0 Å². The molecule has 162 valence electrons. The third kappa shape index (κ3) is 3.34. The summed E-state index contributed by atoms with van der Waals surface area (Å²) < 4.78 is 2.00. The summed E-state index contributed by atoms with van der Waals surface area (Å²) in [4.78, 5) is 29.4. The fourth-order valence-electron chi connectivity index (χ4n) is 4.97. The number of Topliss-reactive ketones (excluding diaryl/α,β-unsaturated/α-hetero) is 1. The predicted molar refractivity (Wildman–Crippen MR) is 127 cm³/mol. The number of hydrogen-bond acceptors (Lipinski definition) is 3. The fraction of sp³-hybridized carbons (Fsp3) is 0.259. The van der Waals surface area contributed by atoms with Crippen molar-refractivity contribution in [2.75, 3.05) is 10.2 Å². The van der Waals surface area contributed by atoms with Gasteiger partial charge in [0.05, 0.1) is 11.4 Å². The van der Waals surface area contributed by atoms with Crippen molar-refractivity contribution >= 4 is 23.1 Å². The van der Waals surface area contributed by atoms with Crippen molar-refractivity contribution in [1.82, 2.24) is 4.57 Å². The summed E-state index contributed by atoms with van der Waals surface area (Å²) in [5.74, 6) is -0.0361. The Balaban J connectivity index is 1.80. The molecule has 1 atom stereocenters. The number of rotatable bonds is 2. The van der Waals surface area contributed by atoms with Gasteiger partial charge in [0.1, 0.15) is 6.04 Å². The van der Waals surface area contributed by atoms with E-state index in [-0.39, 0.29) is 17.1 Å². The first-order valence-corrected chi connectivity index (χ1v) is 11.0. The van der Waals surface area contributed by atoms with Gasteiger partial charge in [0.25, 0.3) is 5.91 Å². The van der Waals surface area contributed by atoms with Gasteiger partial charge in [0, 0.05) is 42.2 Å². The molecule has 5 nitrogen and oxygen atoms in total. The SMILES string of the molecule is Cn1cccc1[C@@H]1C2=C(CC(C)(C)CC2=O)Nc2ccccc2N1C(=O)c1ccccc1. The lowest BCUT2D eigenvalue weighted by Crippen LogP contribution is -2.40. The second kappa shape index (κ2) is 7.52. The van der Waals surface area contributed by atoms with Crippen LogP contribution in [0.2, 0.25) is 0 Å². The van der Waals surface area contributed by atoms with Gasteiger partial charge in [0.15, 0.2) is 5.78 Å². The van der Waals surface area contributed by atoms with Crippen molar-refractivity contribution < 1.29 is 9.59 Å². The quantitative estimate of drug-likeness (QED) is 0.591. The molecule has 1 aliphatic heterocycles. The summed E-state index contributed by atoms with van der Waals surface area (Å²) >= 11 is 0. The van der Waals surface area contributed by atoms with Gasteiger partial charge in [-0.15, -0.1) is 0 Å². The van der Waals surface area contributed by atoms with Crippen molar-refractivity contribution in [3.8, 4) is 0 Å². The Kier molecular flexibility index (Phi) is 4.77. The fourth-order valence-corrected chi connectivity index (χ4v) is 4.97. The Bertz CT molecular complexity index is 1240. The molecule has 0 unspecified atom stereocenters. The van der Waals surface area contributed by atoms with Gasteiger partial charge in [-0.3, -0.25) is 14.5 Å². The molecule has 0 saturated carbocycles. The van der Waals surface area contributed by atoms with Gasteiger partial charge in [-0.25, -0.2) is 0 Å². The van der Waals surface area contributed by atoms with Crippen LogP contribution < -0.4 is 10.2 Å². The molecule has 3 aromatic rings. The number of ketones is 1. The number of amides is 1. The van der Waals surface area contributed by atoms with Crippen LogP contribution in [-0.2, 0) is 11.8 Å². The highest BCUT2D eigenvalue weighted by Crippen LogP contribution is 2.48. The van der Waals surface area contributed by atoms with Crippen LogP contribution in [0.25, 0.3) is 0 Å². The second-order valence-electron chi connectivity index (χ2n) is 9.46. The van der Waals surface area contributed by atoms with Crippen LogP contribution >= 0.6 is 0 Å². The zero-order valence-corrected chi connectivity index (χ0v) is 18.6. The minimum atomic E-state index is -0.516. The summed E-state index contributed by atoms with van der Waals surface area (Å²) in [5, 5.41) is 3.55. The van der Waals surface area contributed by atoms with Crippen LogP contribution in [0, 0.1) is 5.41 Å². The monoisotopic (exact) mass is 425 g/mol. The number of carbonyl (C=O) groups excluding carboxylic acids is 2. The molecule has 5 rings (SSSR count). The molecule has 1 aliphatic carbocycles. The molecule has 2 aromatic carbocycles. The first-order valence-electron chi connectivity index (χ1n) is 11.0. The molecule has 2 heterocycles. The number of nitrogens with one attached hydrogen (secondary N) is 1. The maximum atomic E-state index is 14.0. The van der Waals surface area contributed by atoms with E-state index < -0.39 is 6.04 Å². The number of nitrogens with zero attached hydrogens (tertiary/aromatic N) is 2. The molecule has 0 fully saturated rings. The van der Waals surface area contributed by atoms with Crippen LogP contribution in [0.15, 0.2) is 84.2 Å². The maximum absolute atomic E-state index is 14.0. The lowest BCUT2D eigenvalue weighted by molar-refractivity contribution is -0.118. The molecule has 0 radical (unpaired) electrons. The highest BCUT2D eigenvalue weighted by molar-refractivity contribution is 6.11. The van der Waals surface area contributed by atoms with E-state index in [2.05, 4.69) is 19.2 Å². The molecule has 0 spiro atoms. The number of benzene rings is 2. The van der Waals surface area contributed by atoms with Crippen LogP contribution in [0.3, 0.4) is 0 Å². The van der Waals surface area contributed by atoms with Crippen molar-refractivity contribution in [2.24, 2.45) is 12.5 Å². The molecule has 0 bridgehead atoms. The summed E-state index contributed by atoms with van der Waals surface area (Å²) in [5.41, 5.74) is 4.57. The van der Waals surface area contributed by atoms with Gasteiger partial charge in [-0.2, -0.15) is 0 Å². The average Bonchev–Trinajstić information content (AvgIpc) is 3.12. The van der Waals surface area contributed by atoms with Crippen molar-refractivity contribution in [3.05, 3.63) is 95.5 Å². The number of carbonyl (C=O) groups is 2. The molecule has 2 aliphatic rings. The topological polar surface area (TPSA) is 54.3 Å². The van der Waals surface area contributed by atoms with E-state index in [0.717, 1.165) is 29.2 Å². The average molecular weight is 426 g/mol. The number of aromatic nitrogens is 1. The molecule has 32 heavy (non-hydrogen) atoms. The minimum Gasteiger partial charge on any atom is -0.357 e. The predicted octanol–water partition coefficient (Wildman–Crippen LogP) is 5.48. The van der Waals surface area contributed by atoms with Crippen LogP contribution in [-0.4, -0.2) is 16.3 Å².